The van der Waals surface area contributed by atoms with E-state index in [0.29, 0.717) is 41.1 Å². The molecule has 0 bridgehead atoms. The van der Waals surface area contributed by atoms with Crippen LogP contribution < -0.4 is 20.1 Å². The summed E-state index contributed by atoms with van der Waals surface area (Å²) in [7, 11) is 3.11. The molecule has 0 aromatic heterocycles. The molecule has 26 heavy (non-hydrogen) atoms. The first-order chi connectivity index (χ1) is 12.5. The number of benzene rings is 2. The van der Waals surface area contributed by atoms with Crippen LogP contribution in [0, 0.1) is 0 Å². The molecule has 0 aliphatic rings. The average Bonchev–Trinajstić information content (AvgIpc) is 2.62. The topological polar surface area (TPSA) is 59.6 Å². The van der Waals surface area contributed by atoms with Gasteiger partial charge in [0.15, 0.2) is 0 Å². The molecule has 0 aliphatic carbocycles. The van der Waals surface area contributed by atoms with E-state index in [1.807, 2.05) is 24.3 Å². The summed E-state index contributed by atoms with van der Waals surface area (Å²) in [5.41, 5.74) is 1.81. The Morgan fingerprint density at radius 2 is 1.81 bits per heavy atom. The maximum absolute atomic E-state index is 12.0. The fraction of sp³-hybridized carbons (Fsp3) is 0.316. The lowest BCUT2D eigenvalue weighted by molar-refractivity contribution is -0.120. The van der Waals surface area contributed by atoms with Gasteiger partial charge in [-0.25, -0.2) is 0 Å². The standard InChI is InChI=1S/C19H22Cl2N2O3/c1-25-17-12-16(18(26-2)11-15(17)21)22-9-7-19(24)23-8-6-13-4-3-5-14(20)10-13/h3-5,10-12,22H,6-9H2,1-2H3,(H,23,24). The SMILES string of the molecule is COc1cc(NCCC(=O)NCCc2cccc(Cl)c2)c(OC)cc1Cl. The third-order valence-corrected chi connectivity index (χ3v) is 4.30. The molecule has 0 spiro atoms. The van der Waals surface area contributed by atoms with E-state index in [1.165, 1.54) is 0 Å². The summed E-state index contributed by atoms with van der Waals surface area (Å²) in [6, 6.07) is 11.0. The van der Waals surface area contributed by atoms with Crippen LogP contribution in [0.1, 0.15) is 12.0 Å². The Balaban J connectivity index is 1.77. The fourth-order valence-electron chi connectivity index (χ4n) is 2.44. The summed E-state index contributed by atoms with van der Waals surface area (Å²) in [6.07, 6.45) is 1.07. The molecule has 2 N–H and O–H groups in total. The maximum atomic E-state index is 12.0. The Morgan fingerprint density at radius 3 is 2.50 bits per heavy atom. The van der Waals surface area contributed by atoms with Gasteiger partial charge in [-0.1, -0.05) is 35.3 Å². The molecule has 0 heterocycles. The van der Waals surface area contributed by atoms with Gasteiger partial charge in [0.05, 0.1) is 24.9 Å². The first kappa shape index (κ1) is 20.2. The smallest absolute Gasteiger partial charge is 0.221 e. The lowest BCUT2D eigenvalue weighted by Gasteiger charge is -2.14. The van der Waals surface area contributed by atoms with Crippen molar-refractivity contribution in [3.8, 4) is 11.5 Å². The van der Waals surface area contributed by atoms with Crippen molar-refractivity contribution in [3.63, 3.8) is 0 Å². The number of carbonyl (C=O) groups excluding carboxylic acids is 1. The second-order valence-corrected chi connectivity index (χ2v) is 6.44. The molecule has 0 saturated heterocycles. The molecule has 1 amide bonds. The number of hydrogen-bond acceptors (Lipinski definition) is 4. The zero-order valence-corrected chi connectivity index (χ0v) is 16.3. The minimum absolute atomic E-state index is 0.0283. The van der Waals surface area contributed by atoms with Crippen LogP contribution in [0.3, 0.4) is 0 Å². The average molecular weight is 397 g/mol. The Morgan fingerprint density at radius 1 is 1.04 bits per heavy atom. The third-order valence-electron chi connectivity index (χ3n) is 3.77. The van der Waals surface area contributed by atoms with Crippen LogP contribution >= 0.6 is 23.2 Å². The van der Waals surface area contributed by atoms with E-state index in [0.717, 1.165) is 17.7 Å². The summed E-state index contributed by atoms with van der Waals surface area (Å²) in [5, 5.41) is 7.23. The molecule has 0 saturated carbocycles. The summed E-state index contributed by atoms with van der Waals surface area (Å²) < 4.78 is 10.5. The van der Waals surface area contributed by atoms with Crippen LogP contribution in [0.5, 0.6) is 11.5 Å². The Kier molecular flexibility index (Phi) is 7.88. The van der Waals surface area contributed by atoms with Crippen LogP contribution in [-0.4, -0.2) is 33.2 Å². The third kappa shape index (κ3) is 6.00. The van der Waals surface area contributed by atoms with Crippen molar-refractivity contribution in [1.82, 2.24) is 5.32 Å². The molecular formula is C19H22Cl2N2O3. The molecule has 7 heteroatoms. The summed E-state index contributed by atoms with van der Waals surface area (Å²) >= 11 is 12.0. The van der Waals surface area contributed by atoms with Gasteiger partial charge in [-0.05, 0) is 24.1 Å². The molecule has 140 valence electrons. The van der Waals surface area contributed by atoms with E-state index in [1.54, 1.807) is 26.4 Å². The van der Waals surface area contributed by atoms with Crippen LogP contribution in [0.15, 0.2) is 36.4 Å². The van der Waals surface area contributed by atoms with Crippen LogP contribution in [0.2, 0.25) is 10.0 Å². The quantitative estimate of drug-likeness (QED) is 0.667. The number of methoxy groups -OCH3 is 2. The van der Waals surface area contributed by atoms with Crippen molar-refractivity contribution in [2.45, 2.75) is 12.8 Å². The molecule has 0 fully saturated rings. The van der Waals surface area contributed by atoms with Gasteiger partial charge >= 0.3 is 0 Å². The van der Waals surface area contributed by atoms with E-state index < -0.39 is 0 Å². The highest BCUT2D eigenvalue weighted by molar-refractivity contribution is 6.32. The minimum Gasteiger partial charge on any atom is -0.495 e. The minimum atomic E-state index is -0.0283. The highest BCUT2D eigenvalue weighted by Gasteiger charge is 2.10. The van der Waals surface area contributed by atoms with Crippen molar-refractivity contribution < 1.29 is 14.3 Å². The molecular weight excluding hydrogens is 375 g/mol. The predicted octanol–water partition coefficient (Wildman–Crippen LogP) is 4.17. The number of nitrogens with one attached hydrogen (secondary N) is 2. The molecule has 2 rings (SSSR count). The summed E-state index contributed by atoms with van der Waals surface area (Å²) in [6.45, 7) is 1.03. The van der Waals surface area contributed by atoms with Crippen molar-refractivity contribution in [2.24, 2.45) is 0 Å². The molecule has 2 aromatic carbocycles. The number of halogens is 2. The summed E-state index contributed by atoms with van der Waals surface area (Å²) in [4.78, 5) is 12.0. The van der Waals surface area contributed by atoms with Crippen molar-refractivity contribution >= 4 is 34.8 Å². The number of carbonyl (C=O) groups is 1. The molecule has 2 aromatic rings. The number of ether oxygens (including phenoxy) is 2. The Hall–Kier alpha value is -2.11. The summed E-state index contributed by atoms with van der Waals surface area (Å²) in [5.74, 6) is 1.11. The van der Waals surface area contributed by atoms with Gasteiger partial charge in [0, 0.05) is 36.7 Å². The molecule has 5 nitrogen and oxygen atoms in total. The van der Waals surface area contributed by atoms with Gasteiger partial charge < -0.3 is 20.1 Å². The predicted molar refractivity (Wildman–Crippen MR) is 106 cm³/mol. The van der Waals surface area contributed by atoms with Gasteiger partial charge in [0.25, 0.3) is 0 Å². The number of amides is 1. The zero-order valence-electron chi connectivity index (χ0n) is 14.8. The van der Waals surface area contributed by atoms with E-state index in [-0.39, 0.29) is 5.91 Å². The monoisotopic (exact) mass is 396 g/mol. The highest BCUT2D eigenvalue weighted by atomic mass is 35.5. The van der Waals surface area contributed by atoms with Crippen molar-refractivity contribution in [2.75, 3.05) is 32.6 Å². The first-order valence-corrected chi connectivity index (χ1v) is 8.95. The van der Waals surface area contributed by atoms with E-state index in [9.17, 15) is 4.79 Å². The lowest BCUT2D eigenvalue weighted by atomic mass is 10.1. The molecule has 0 unspecified atom stereocenters. The highest BCUT2D eigenvalue weighted by Crippen LogP contribution is 2.35. The van der Waals surface area contributed by atoms with Crippen molar-refractivity contribution in [1.29, 1.82) is 0 Å². The van der Waals surface area contributed by atoms with Crippen LogP contribution in [0.25, 0.3) is 0 Å². The number of anilines is 1. The van der Waals surface area contributed by atoms with Gasteiger partial charge in [0.2, 0.25) is 5.91 Å². The van der Waals surface area contributed by atoms with Crippen LogP contribution in [-0.2, 0) is 11.2 Å². The molecule has 0 radical (unpaired) electrons. The van der Waals surface area contributed by atoms with E-state index in [2.05, 4.69) is 10.6 Å². The maximum Gasteiger partial charge on any atom is 0.221 e. The second-order valence-electron chi connectivity index (χ2n) is 5.59. The molecule has 0 aliphatic heterocycles. The van der Waals surface area contributed by atoms with Gasteiger partial charge in [0.1, 0.15) is 11.5 Å². The van der Waals surface area contributed by atoms with Crippen molar-refractivity contribution in [3.05, 3.63) is 52.0 Å². The second kappa shape index (κ2) is 10.1. The number of hydrogen-bond donors (Lipinski definition) is 2. The van der Waals surface area contributed by atoms with E-state index in [4.69, 9.17) is 32.7 Å². The largest absolute Gasteiger partial charge is 0.495 e. The number of rotatable bonds is 9. The van der Waals surface area contributed by atoms with Gasteiger partial charge in [-0.15, -0.1) is 0 Å². The fourth-order valence-corrected chi connectivity index (χ4v) is 2.88. The first-order valence-electron chi connectivity index (χ1n) is 8.20. The van der Waals surface area contributed by atoms with Crippen LogP contribution in [0.4, 0.5) is 5.69 Å². The normalized spacial score (nSPS) is 10.3. The van der Waals surface area contributed by atoms with E-state index >= 15 is 0 Å². The lowest BCUT2D eigenvalue weighted by Crippen LogP contribution is -2.27. The van der Waals surface area contributed by atoms with Gasteiger partial charge in [-0.2, -0.15) is 0 Å². The zero-order chi connectivity index (χ0) is 18.9. The Labute approximate surface area is 163 Å². The molecule has 0 atom stereocenters. The Bertz CT molecular complexity index is 754. The van der Waals surface area contributed by atoms with Gasteiger partial charge in [-0.3, -0.25) is 4.79 Å².